The van der Waals surface area contributed by atoms with E-state index in [9.17, 15) is 23.3 Å². The largest absolute Gasteiger partial charge is 0.433 e. The molecule has 0 amide bonds. The fourth-order valence-electron chi connectivity index (χ4n) is 1.36. The van der Waals surface area contributed by atoms with Gasteiger partial charge < -0.3 is 10.4 Å². The summed E-state index contributed by atoms with van der Waals surface area (Å²) in [6.45, 7) is 1.34. The zero-order chi connectivity index (χ0) is 14.6. The van der Waals surface area contributed by atoms with Gasteiger partial charge in [-0.25, -0.2) is 4.98 Å². The van der Waals surface area contributed by atoms with Crippen LogP contribution in [-0.2, 0) is 6.18 Å². The quantitative estimate of drug-likeness (QED) is 0.637. The summed E-state index contributed by atoms with van der Waals surface area (Å²) >= 11 is 0. The van der Waals surface area contributed by atoms with E-state index in [2.05, 4.69) is 10.3 Å². The van der Waals surface area contributed by atoms with Crippen molar-refractivity contribution in [2.45, 2.75) is 25.6 Å². The predicted octanol–water partition coefficient (Wildman–Crippen LogP) is 2.19. The van der Waals surface area contributed by atoms with Gasteiger partial charge in [-0.05, 0) is 12.5 Å². The van der Waals surface area contributed by atoms with Crippen molar-refractivity contribution < 1.29 is 23.2 Å². The second-order valence-corrected chi connectivity index (χ2v) is 3.77. The Morgan fingerprint density at radius 3 is 2.63 bits per heavy atom. The highest BCUT2D eigenvalue weighted by atomic mass is 19.4. The molecule has 1 unspecified atom stereocenters. The summed E-state index contributed by atoms with van der Waals surface area (Å²) in [7, 11) is 0. The Morgan fingerprint density at radius 2 is 2.21 bits per heavy atom. The molecule has 0 aliphatic rings. The standard InChI is InChI=1S/C10H12F3N3O3/c1-2-6(5-17)15-7-3-9(10(11,12)13)14-4-8(7)16(18)19/h3-4,6,17H,2,5H2,1H3,(H,14,15). The lowest BCUT2D eigenvalue weighted by molar-refractivity contribution is -0.384. The SMILES string of the molecule is CCC(CO)Nc1cc(C(F)(F)F)ncc1[N+](=O)[O-]. The molecule has 0 bridgehead atoms. The number of halogens is 3. The van der Waals surface area contributed by atoms with Gasteiger partial charge in [-0.15, -0.1) is 0 Å². The number of hydrogen-bond donors (Lipinski definition) is 2. The molecule has 2 N–H and O–H groups in total. The van der Waals surface area contributed by atoms with Crippen molar-refractivity contribution in [3.63, 3.8) is 0 Å². The predicted molar refractivity (Wildman–Crippen MR) is 60.7 cm³/mol. The Morgan fingerprint density at radius 1 is 1.58 bits per heavy atom. The molecule has 1 heterocycles. The van der Waals surface area contributed by atoms with Gasteiger partial charge >= 0.3 is 11.9 Å². The zero-order valence-corrected chi connectivity index (χ0v) is 9.94. The van der Waals surface area contributed by atoms with Crippen molar-refractivity contribution in [1.29, 1.82) is 0 Å². The highest BCUT2D eigenvalue weighted by Gasteiger charge is 2.34. The van der Waals surface area contributed by atoms with Crippen LogP contribution >= 0.6 is 0 Å². The van der Waals surface area contributed by atoms with E-state index in [4.69, 9.17) is 5.11 Å². The summed E-state index contributed by atoms with van der Waals surface area (Å²) in [5.41, 5.74) is -2.11. The smallest absolute Gasteiger partial charge is 0.394 e. The molecule has 1 aromatic rings. The number of aliphatic hydroxyl groups excluding tert-OH is 1. The Labute approximate surface area is 106 Å². The van der Waals surface area contributed by atoms with Crippen LogP contribution in [0.4, 0.5) is 24.5 Å². The number of alkyl halides is 3. The first-order valence-electron chi connectivity index (χ1n) is 5.38. The van der Waals surface area contributed by atoms with Crippen molar-refractivity contribution in [1.82, 2.24) is 4.98 Å². The van der Waals surface area contributed by atoms with Crippen LogP contribution in [0.1, 0.15) is 19.0 Å². The van der Waals surface area contributed by atoms with Crippen LogP contribution in [0, 0.1) is 10.1 Å². The van der Waals surface area contributed by atoms with Gasteiger partial charge in [0.15, 0.2) is 0 Å². The summed E-state index contributed by atoms with van der Waals surface area (Å²) in [6, 6.07) is -0.00150. The number of nitrogens with zero attached hydrogens (tertiary/aromatic N) is 2. The molecule has 1 aromatic heterocycles. The topological polar surface area (TPSA) is 88.3 Å². The zero-order valence-electron chi connectivity index (χ0n) is 9.94. The number of aromatic nitrogens is 1. The Balaban J connectivity index is 3.19. The number of pyridine rings is 1. The lowest BCUT2D eigenvalue weighted by Gasteiger charge is -2.16. The van der Waals surface area contributed by atoms with Crippen molar-refractivity contribution in [3.8, 4) is 0 Å². The maximum absolute atomic E-state index is 12.5. The van der Waals surface area contributed by atoms with E-state index in [1.165, 1.54) is 0 Å². The van der Waals surface area contributed by atoms with Gasteiger partial charge in [0.25, 0.3) is 0 Å². The monoisotopic (exact) mass is 279 g/mol. The van der Waals surface area contributed by atoms with Gasteiger partial charge in [0, 0.05) is 6.04 Å². The van der Waals surface area contributed by atoms with Crippen LogP contribution in [0.15, 0.2) is 12.3 Å². The summed E-state index contributed by atoms with van der Waals surface area (Å²) < 4.78 is 37.5. The Bertz CT molecular complexity index is 461. The third kappa shape index (κ3) is 3.78. The minimum absolute atomic E-state index is 0.312. The first-order valence-corrected chi connectivity index (χ1v) is 5.38. The molecular weight excluding hydrogens is 267 g/mol. The van der Waals surface area contributed by atoms with Crippen LogP contribution < -0.4 is 5.32 Å². The molecule has 0 fully saturated rings. The van der Waals surface area contributed by atoms with Crippen LogP contribution in [-0.4, -0.2) is 27.7 Å². The lowest BCUT2D eigenvalue weighted by atomic mass is 10.2. The number of aliphatic hydroxyl groups is 1. The van der Waals surface area contributed by atoms with E-state index in [1.807, 2.05) is 0 Å². The Hall–Kier alpha value is -1.90. The molecule has 19 heavy (non-hydrogen) atoms. The van der Waals surface area contributed by atoms with Crippen LogP contribution in [0.25, 0.3) is 0 Å². The minimum Gasteiger partial charge on any atom is -0.394 e. The number of nitrogens with one attached hydrogen (secondary N) is 1. The van der Waals surface area contributed by atoms with Crippen LogP contribution in [0.3, 0.4) is 0 Å². The maximum Gasteiger partial charge on any atom is 0.433 e. The number of anilines is 1. The number of hydrogen-bond acceptors (Lipinski definition) is 5. The average molecular weight is 279 g/mol. The first kappa shape index (κ1) is 15.2. The normalized spacial score (nSPS) is 13.1. The van der Waals surface area contributed by atoms with E-state index in [-0.39, 0.29) is 12.3 Å². The molecule has 1 atom stereocenters. The van der Waals surface area contributed by atoms with Gasteiger partial charge in [-0.3, -0.25) is 10.1 Å². The second-order valence-electron chi connectivity index (χ2n) is 3.77. The molecule has 0 aromatic carbocycles. The first-order chi connectivity index (χ1) is 8.79. The molecule has 0 saturated carbocycles. The fourth-order valence-corrected chi connectivity index (χ4v) is 1.36. The number of nitro groups is 1. The molecule has 0 aliphatic heterocycles. The average Bonchev–Trinajstić information content (AvgIpc) is 2.34. The minimum atomic E-state index is -4.69. The highest BCUT2D eigenvalue weighted by Crippen LogP contribution is 2.33. The lowest BCUT2D eigenvalue weighted by Crippen LogP contribution is -2.23. The van der Waals surface area contributed by atoms with Gasteiger partial charge in [0.1, 0.15) is 17.6 Å². The van der Waals surface area contributed by atoms with E-state index in [1.54, 1.807) is 6.92 Å². The van der Waals surface area contributed by atoms with Crippen LogP contribution in [0.5, 0.6) is 0 Å². The van der Waals surface area contributed by atoms with E-state index >= 15 is 0 Å². The van der Waals surface area contributed by atoms with Crippen molar-refractivity contribution in [2.75, 3.05) is 11.9 Å². The molecule has 0 radical (unpaired) electrons. The number of rotatable bonds is 5. The van der Waals surface area contributed by atoms with Gasteiger partial charge in [0.2, 0.25) is 0 Å². The second kappa shape index (κ2) is 5.83. The molecule has 106 valence electrons. The molecule has 6 nitrogen and oxygen atoms in total. The fraction of sp³-hybridized carbons (Fsp3) is 0.500. The summed E-state index contributed by atoms with van der Waals surface area (Å²) in [4.78, 5) is 12.9. The maximum atomic E-state index is 12.5. The third-order valence-electron chi connectivity index (χ3n) is 2.44. The van der Waals surface area contributed by atoms with Crippen molar-refractivity contribution in [3.05, 3.63) is 28.1 Å². The van der Waals surface area contributed by atoms with Crippen molar-refractivity contribution in [2.24, 2.45) is 0 Å². The molecule has 0 spiro atoms. The summed E-state index contributed by atoms with van der Waals surface area (Å²) in [6.07, 6.45) is -3.74. The van der Waals surface area contributed by atoms with Gasteiger partial charge in [-0.1, -0.05) is 6.92 Å². The van der Waals surface area contributed by atoms with E-state index in [0.29, 0.717) is 18.7 Å². The van der Waals surface area contributed by atoms with Gasteiger partial charge in [0.05, 0.1) is 11.5 Å². The molecule has 0 aliphatic carbocycles. The molecular formula is C10H12F3N3O3. The van der Waals surface area contributed by atoms with Crippen molar-refractivity contribution >= 4 is 11.4 Å². The van der Waals surface area contributed by atoms with Gasteiger partial charge in [-0.2, -0.15) is 13.2 Å². The summed E-state index contributed by atoms with van der Waals surface area (Å²) in [5.74, 6) is 0. The van der Waals surface area contributed by atoms with E-state index < -0.39 is 28.5 Å². The van der Waals surface area contributed by atoms with E-state index in [0.717, 1.165) is 0 Å². The highest BCUT2D eigenvalue weighted by molar-refractivity contribution is 5.61. The molecule has 0 saturated heterocycles. The molecule has 9 heteroatoms. The van der Waals surface area contributed by atoms with Crippen LogP contribution in [0.2, 0.25) is 0 Å². The Kier molecular flexibility index (Phi) is 4.65. The summed E-state index contributed by atoms with van der Waals surface area (Å²) in [5, 5.41) is 22.2. The molecule has 1 rings (SSSR count). The third-order valence-corrected chi connectivity index (χ3v) is 2.44.